The van der Waals surface area contributed by atoms with Crippen molar-refractivity contribution in [3.8, 4) is 0 Å². The minimum Gasteiger partial charge on any atom is -0.469 e. The predicted octanol–water partition coefficient (Wildman–Crippen LogP) is 1.92. The van der Waals surface area contributed by atoms with Crippen LogP contribution < -0.4 is 5.32 Å². The summed E-state index contributed by atoms with van der Waals surface area (Å²) in [7, 11) is 1.47. The van der Waals surface area contributed by atoms with Gasteiger partial charge in [0.25, 0.3) is 0 Å². The first-order chi connectivity index (χ1) is 6.75. The topological polar surface area (TPSA) is 38.3 Å². The van der Waals surface area contributed by atoms with Gasteiger partial charge in [0.1, 0.15) is 0 Å². The second kappa shape index (κ2) is 6.85. The van der Waals surface area contributed by atoms with Crippen LogP contribution in [0.4, 0.5) is 0 Å². The fourth-order valence-corrected chi connectivity index (χ4v) is 2.06. The van der Waals surface area contributed by atoms with Crippen LogP contribution in [0.25, 0.3) is 0 Å². The van der Waals surface area contributed by atoms with Gasteiger partial charge in [-0.2, -0.15) is 0 Å². The lowest BCUT2D eigenvalue weighted by Gasteiger charge is -2.34. The minimum absolute atomic E-state index is 0. The normalized spacial score (nSPS) is 18.7. The van der Waals surface area contributed by atoms with E-state index in [-0.39, 0.29) is 23.8 Å². The van der Waals surface area contributed by atoms with E-state index in [0.717, 1.165) is 38.8 Å². The zero-order chi connectivity index (χ0) is 10.4. The molecule has 1 heterocycles. The minimum atomic E-state index is -0.256. The van der Waals surface area contributed by atoms with Crippen LogP contribution in [0, 0.1) is 5.41 Å². The molecule has 15 heavy (non-hydrogen) atoms. The summed E-state index contributed by atoms with van der Waals surface area (Å²) in [5, 5.41) is 3.26. The van der Waals surface area contributed by atoms with Gasteiger partial charge < -0.3 is 10.1 Å². The summed E-state index contributed by atoms with van der Waals surface area (Å²) in [6.07, 6.45) is 5.38. The summed E-state index contributed by atoms with van der Waals surface area (Å²) in [5.41, 5.74) is -0.256. The average molecular weight is 234 g/mol. The highest BCUT2D eigenvalue weighted by molar-refractivity contribution is 5.85. The molecule has 0 aromatic rings. The molecule has 1 N–H and O–H groups in total. The van der Waals surface area contributed by atoms with Crippen LogP contribution >= 0.6 is 12.4 Å². The fraction of sp³-hybridized carbons (Fsp3) is 0.727. The lowest BCUT2D eigenvalue weighted by atomic mass is 9.75. The van der Waals surface area contributed by atoms with Crippen molar-refractivity contribution in [3.05, 3.63) is 12.7 Å². The number of hydrogen-bond donors (Lipinski definition) is 1. The molecule has 88 valence electrons. The van der Waals surface area contributed by atoms with Gasteiger partial charge in [-0.25, -0.2) is 0 Å². The highest BCUT2D eigenvalue weighted by Gasteiger charge is 2.39. The lowest BCUT2D eigenvalue weighted by molar-refractivity contribution is -0.155. The van der Waals surface area contributed by atoms with Gasteiger partial charge in [0, 0.05) is 0 Å². The molecule has 1 aliphatic rings. The van der Waals surface area contributed by atoms with E-state index < -0.39 is 0 Å². The number of ether oxygens (including phenoxy) is 1. The number of hydrogen-bond acceptors (Lipinski definition) is 3. The molecule has 1 aliphatic heterocycles. The van der Waals surface area contributed by atoms with Crippen molar-refractivity contribution in [2.24, 2.45) is 5.41 Å². The third-order valence-corrected chi connectivity index (χ3v) is 3.01. The number of methoxy groups -OCH3 is 1. The van der Waals surface area contributed by atoms with Crippen molar-refractivity contribution in [1.82, 2.24) is 5.32 Å². The number of esters is 1. The van der Waals surface area contributed by atoms with Crippen molar-refractivity contribution in [2.45, 2.75) is 25.7 Å². The molecule has 0 unspecified atom stereocenters. The first-order valence-corrected chi connectivity index (χ1v) is 5.15. The Labute approximate surface area is 97.7 Å². The molecule has 0 aromatic carbocycles. The standard InChI is InChI=1S/C11H19NO2.ClH/c1-3-4-5-11(10(13)14-2)6-8-12-9-7-11;/h3,12H,1,4-9H2,2H3;1H. The van der Waals surface area contributed by atoms with Gasteiger partial charge >= 0.3 is 5.97 Å². The van der Waals surface area contributed by atoms with Crippen LogP contribution in [0.15, 0.2) is 12.7 Å². The molecule has 4 heteroatoms. The van der Waals surface area contributed by atoms with Gasteiger partial charge in [-0.15, -0.1) is 19.0 Å². The summed E-state index contributed by atoms with van der Waals surface area (Å²) < 4.78 is 4.89. The molecule has 0 radical (unpaired) electrons. The SMILES string of the molecule is C=CCCC1(C(=O)OC)CCNCC1.Cl. The van der Waals surface area contributed by atoms with Crippen molar-refractivity contribution >= 4 is 18.4 Å². The third-order valence-electron chi connectivity index (χ3n) is 3.01. The quantitative estimate of drug-likeness (QED) is 0.596. The second-order valence-corrected chi connectivity index (χ2v) is 3.85. The molecule has 0 atom stereocenters. The van der Waals surface area contributed by atoms with E-state index in [4.69, 9.17) is 4.74 Å². The van der Waals surface area contributed by atoms with Crippen molar-refractivity contribution in [1.29, 1.82) is 0 Å². The van der Waals surface area contributed by atoms with Crippen molar-refractivity contribution in [3.63, 3.8) is 0 Å². The van der Waals surface area contributed by atoms with Gasteiger partial charge in [-0.3, -0.25) is 4.79 Å². The molecule has 0 saturated carbocycles. The Balaban J connectivity index is 0.00000196. The molecule has 0 aliphatic carbocycles. The maximum Gasteiger partial charge on any atom is 0.311 e. The summed E-state index contributed by atoms with van der Waals surface area (Å²) in [6, 6.07) is 0. The first kappa shape index (κ1) is 14.5. The molecule has 0 spiro atoms. The maximum atomic E-state index is 11.7. The van der Waals surface area contributed by atoms with E-state index in [1.54, 1.807) is 0 Å². The van der Waals surface area contributed by atoms with E-state index in [0.29, 0.717) is 0 Å². The zero-order valence-corrected chi connectivity index (χ0v) is 10.1. The third kappa shape index (κ3) is 3.50. The molecule has 3 nitrogen and oxygen atoms in total. The lowest BCUT2D eigenvalue weighted by Crippen LogP contribution is -2.42. The molecule has 1 fully saturated rings. The summed E-state index contributed by atoms with van der Waals surface area (Å²) in [4.78, 5) is 11.7. The maximum absolute atomic E-state index is 11.7. The van der Waals surface area contributed by atoms with Gasteiger partial charge in [-0.1, -0.05) is 6.08 Å². The zero-order valence-electron chi connectivity index (χ0n) is 9.25. The molecule has 1 rings (SSSR count). The highest BCUT2D eigenvalue weighted by atomic mass is 35.5. The number of rotatable bonds is 4. The number of nitrogens with one attached hydrogen (secondary N) is 1. The molecular weight excluding hydrogens is 214 g/mol. The first-order valence-electron chi connectivity index (χ1n) is 5.15. The molecule has 1 saturated heterocycles. The fourth-order valence-electron chi connectivity index (χ4n) is 2.06. The number of allylic oxidation sites excluding steroid dienone is 1. The van der Waals surface area contributed by atoms with Crippen LogP contribution in [-0.2, 0) is 9.53 Å². The molecule has 0 aromatic heterocycles. The summed E-state index contributed by atoms with van der Waals surface area (Å²) in [6.45, 7) is 5.51. The Morgan fingerprint density at radius 3 is 2.60 bits per heavy atom. The molecule has 0 amide bonds. The number of piperidine rings is 1. The Bertz CT molecular complexity index is 213. The van der Waals surface area contributed by atoms with Crippen LogP contribution in [0.2, 0.25) is 0 Å². The van der Waals surface area contributed by atoms with E-state index >= 15 is 0 Å². The second-order valence-electron chi connectivity index (χ2n) is 3.85. The van der Waals surface area contributed by atoms with Crippen molar-refractivity contribution < 1.29 is 9.53 Å². The monoisotopic (exact) mass is 233 g/mol. The Hall–Kier alpha value is -0.540. The van der Waals surface area contributed by atoms with E-state index in [1.165, 1.54) is 7.11 Å². The number of halogens is 1. The highest BCUT2D eigenvalue weighted by Crippen LogP contribution is 2.35. The number of carbonyl (C=O) groups is 1. The smallest absolute Gasteiger partial charge is 0.311 e. The average Bonchev–Trinajstić information content (AvgIpc) is 2.26. The largest absolute Gasteiger partial charge is 0.469 e. The van der Waals surface area contributed by atoms with Crippen LogP contribution in [0.5, 0.6) is 0 Å². The Morgan fingerprint density at radius 1 is 1.53 bits per heavy atom. The summed E-state index contributed by atoms with van der Waals surface area (Å²) >= 11 is 0. The Morgan fingerprint density at radius 2 is 2.13 bits per heavy atom. The molecule has 0 bridgehead atoms. The van der Waals surface area contributed by atoms with Crippen LogP contribution in [0.3, 0.4) is 0 Å². The summed E-state index contributed by atoms with van der Waals surface area (Å²) in [5.74, 6) is -0.0548. The van der Waals surface area contributed by atoms with Gasteiger partial charge in [0.15, 0.2) is 0 Å². The van der Waals surface area contributed by atoms with Crippen LogP contribution in [0.1, 0.15) is 25.7 Å². The molecular formula is C11H20ClNO2. The number of carbonyl (C=O) groups excluding carboxylic acids is 1. The van der Waals surface area contributed by atoms with E-state index in [1.807, 2.05) is 6.08 Å². The van der Waals surface area contributed by atoms with E-state index in [2.05, 4.69) is 11.9 Å². The van der Waals surface area contributed by atoms with Gasteiger partial charge in [0.05, 0.1) is 12.5 Å². The van der Waals surface area contributed by atoms with E-state index in [9.17, 15) is 4.79 Å². The van der Waals surface area contributed by atoms with Gasteiger partial charge in [0.2, 0.25) is 0 Å². The van der Waals surface area contributed by atoms with Crippen LogP contribution in [-0.4, -0.2) is 26.2 Å². The predicted molar refractivity (Wildman–Crippen MR) is 63.2 cm³/mol. The van der Waals surface area contributed by atoms with Gasteiger partial charge in [-0.05, 0) is 38.8 Å². The van der Waals surface area contributed by atoms with Crippen molar-refractivity contribution in [2.75, 3.05) is 20.2 Å². The Kier molecular flexibility index (Phi) is 6.61.